The summed E-state index contributed by atoms with van der Waals surface area (Å²) in [6, 6.07) is 10.3. The molecule has 0 amide bonds. The molecule has 1 aromatic carbocycles. The van der Waals surface area contributed by atoms with Crippen LogP contribution in [-0.4, -0.2) is 0 Å². The molecule has 84 valence electrons. The standard InChI is InChI=1S/C13H14ClNS/c1-8-4-3-5-10(6-8)12(15)11-7-9(2)13(14)16-11/h3-7,12H,15H2,1-2H3. The number of rotatable bonds is 2. The summed E-state index contributed by atoms with van der Waals surface area (Å²) >= 11 is 7.62. The van der Waals surface area contributed by atoms with Crippen molar-refractivity contribution in [1.82, 2.24) is 0 Å². The van der Waals surface area contributed by atoms with Crippen LogP contribution in [0.2, 0.25) is 4.34 Å². The fourth-order valence-corrected chi connectivity index (χ4v) is 2.91. The third-order valence-corrected chi connectivity index (χ3v) is 4.22. The smallest absolute Gasteiger partial charge is 0.0961 e. The highest BCUT2D eigenvalue weighted by Crippen LogP contribution is 2.32. The zero-order valence-electron chi connectivity index (χ0n) is 9.33. The zero-order valence-corrected chi connectivity index (χ0v) is 10.9. The van der Waals surface area contributed by atoms with Crippen LogP contribution in [0.5, 0.6) is 0 Å². The van der Waals surface area contributed by atoms with Gasteiger partial charge in [-0.1, -0.05) is 41.4 Å². The van der Waals surface area contributed by atoms with Crippen LogP contribution in [0.25, 0.3) is 0 Å². The van der Waals surface area contributed by atoms with Crippen molar-refractivity contribution in [1.29, 1.82) is 0 Å². The number of halogens is 1. The van der Waals surface area contributed by atoms with Crippen LogP contribution < -0.4 is 5.73 Å². The molecule has 1 unspecified atom stereocenters. The van der Waals surface area contributed by atoms with Crippen LogP contribution in [-0.2, 0) is 0 Å². The van der Waals surface area contributed by atoms with Crippen molar-refractivity contribution >= 4 is 22.9 Å². The van der Waals surface area contributed by atoms with Crippen LogP contribution in [0.4, 0.5) is 0 Å². The normalized spacial score (nSPS) is 12.8. The average molecular weight is 252 g/mol. The van der Waals surface area contributed by atoms with Crippen molar-refractivity contribution < 1.29 is 0 Å². The van der Waals surface area contributed by atoms with E-state index < -0.39 is 0 Å². The Bertz CT molecular complexity index is 485. The first kappa shape index (κ1) is 11.6. The number of nitrogens with two attached hydrogens (primary N) is 1. The minimum atomic E-state index is -0.0731. The highest BCUT2D eigenvalue weighted by atomic mass is 35.5. The second kappa shape index (κ2) is 4.58. The van der Waals surface area contributed by atoms with Crippen molar-refractivity contribution in [3.05, 3.63) is 56.2 Å². The first-order chi connectivity index (χ1) is 7.58. The van der Waals surface area contributed by atoms with E-state index in [2.05, 4.69) is 31.2 Å². The molecule has 0 saturated heterocycles. The molecule has 16 heavy (non-hydrogen) atoms. The Balaban J connectivity index is 2.35. The highest BCUT2D eigenvalue weighted by molar-refractivity contribution is 7.16. The number of thiophene rings is 1. The molecule has 0 aliphatic carbocycles. The van der Waals surface area contributed by atoms with Crippen LogP contribution in [0.15, 0.2) is 30.3 Å². The van der Waals surface area contributed by atoms with E-state index in [0.717, 1.165) is 20.3 Å². The van der Waals surface area contributed by atoms with Crippen LogP contribution in [0.1, 0.15) is 27.6 Å². The molecule has 2 aromatic rings. The molecule has 0 saturated carbocycles. The molecule has 2 rings (SSSR count). The first-order valence-electron chi connectivity index (χ1n) is 5.16. The Morgan fingerprint density at radius 2 is 2.00 bits per heavy atom. The minimum absolute atomic E-state index is 0.0731. The molecule has 1 aromatic heterocycles. The molecule has 2 N–H and O–H groups in total. The summed E-state index contributed by atoms with van der Waals surface area (Å²) in [5, 5.41) is 0. The van der Waals surface area contributed by atoms with Gasteiger partial charge in [0, 0.05) is 4.88 Å². The Morgan fingerprint density at radius 1 is 1.25 bits per heavy atom. The van der Waals surface area contributed by atoms with E-state index in [4.69, 9.17) is 17.3 Å². The van der Waals surface area contributed by atoms with Gasteiger partial charge in [-0.3, -0.25) is 0 Å². The highest BCUT2D eigenvalue weighted by Gasteiger charge is 2.13. The van der Waals surface area contributed by atoms with E-state index >= 15 is 0 Å². The molecule has 0 bridgehead atoms. The second-order valence-electron chi connectivity index (χ2n) is 4.00. The lowest BCUT2D eigenvalue weighted by Crippen LogP contribution is -2.10. The lowest BCUT2D eigenvalue weighted by Gasteiger charge is -2.10. The van der Waals surface area contributed by atoms with Gasteiger partial charge in [0.1, 0.15) is 0 Å². The van der Waals surface area contributed by atoms with E-state index in [0.29, 0.717) is 0 Å². The zero-order chi connectivity index (χ0) is 11.7. The Kier molecular flexibility index (Phi) is 3.33. The van der Waals surface area contributed by atoms with Crippen molar-refractivity contribution in [2.75, 3.05) is 0 Å². The van der Waals surface area contributed by atoms with Crippen LogP contribution in [0.3, 0.4) is 0 Å². The van der Waals surface area contributed by atoms with Gasteiger partial charge in [0.2, 0.25) is 0 Å². The molecule has 1 heterocycles. The SMILES string of the molecule is Cc1cccc(C(N)c2cc(C)c(Cl)s2)c1. The van der Waals surface area contributed by atoms with Crippen LogP contribution >= 0.6 is 22.9 Å². The molecule has 1 atom stereocenters. The van der Waals surface area contributed by atoms with E-state index in [9.17, 15) is 0 Å². The number of benzene rings is 1. The molecule has 0 radical (unpaired) electrons. The fourth-order valence-electron chi connectivity index (χ4n) is 1.66. The quantitative estimate of drug-likeness (QED) is 0.856. The average Bonchev–Trinajstić information content (AvgIpc) is 2.58. The summed E-state index contributed by atoms with van der Waals surface area (Å²) in [7, 11) is 0. The van der Waals surface area contributed by atoms with Gasteiger partial charge in [-0.15, -0.1) is 11.3 Å². The van der Waals surface area contributed by atoms with Gasteiger partial charge in [0.05, 0.1) is 10.4 Å². The topological polar surface area (TPSA) is 26.0 Å². The van der Waals surface area contributed by atoms with Gasteiger partial charge >= 0.3 is 0 Å². The van der Waals surface area contributed by atoms with Crippen molar-refractivity contribution in [3.63, 3.8) is 0 Å². The summed E-state index contributed by atoms with van der Waals surface area (Å²) in [6.45, 7) is 4.08. The van der Waals surface area contributed by atoms with Gasteiger partial charge in [-0.2, -0.15) is 0 Å². The van der Waals surface area contributed by atoms with Gasteiger partial charge in [0.15, 0.2) is 0 Å². The van der Waals surface area contributed by atoms with Gasteiger partial charge < -0.3 is 5.73 Å². The molecule has 0 spiro atoms. The molecule has 0 aliphatic heterocycles. The Hall–Kier alpha value is -0.830. The maximum Gasteiger partial charge on any atom is 0.0961 e. The molecular formula is C13H14ClNS. The van der Waals surface area contributed by atoms with Crippen molar-refractivity contribution in [2.24, 2.45) is 5.73 Å². The monoisotopic (exact) mass is 251 g/mol. The van der Waals surface area contributed by atoms with E-state index in [1.54, 1.807) is 11.3 Å². The third-order valence-electron chi connectivity index (χ3n) is 2.58. The number of hydrogen-bond acceptors (Lipinski definition) is 2. The number of aryl methyl sites for hydroxylation is 2. The predicted octanol–water partition coefficient (Wildman–Crippen LogP) is 4.07. The summed E-state index contributed by atoms with van der Waals surface area (Å²) in [6.07, 6.45) is 0. The summed E-state index contributed by atoms with van der Waals surface area (Å²) in [5.74, 6) is 0. The summed E-state index contributed by atoms with van der Waals surface area (Å²) < 4.78 is 0.832. The van der Waals surface area contributed by atoms with Gasteiger partial charge in [0.25, 0.3) is 0 Å². The Labute approximate surface area is 105 Å². The maximum atomic E-state index is 6.22. The molecule has 0 fully saturated rings. The van der Waals surface area contributed by atoms with Crippen LogP contribution in [0, 0.1) is 13.8 Å². The van der Waals surface area contributed by atoms with E-state index in [-0.39, 0.29) is 6.04 Å². The minimum Gasteiger partial charge on any atom is -0.320 e. The Morgan fingerprint density at radius 3 is 2.56 bits per heavy atom. The molecule has 1 nitrogen and oxygen atoms in total. The fraction of sp³-hybridized carbons (Fsp3) is 0.231. The van der Waals surface area contributed by atoms with Crippen molar-refractivity contribution in [3.8, 4) is 0 Å². The van der Waals surface area contributed by atoms with Gasteiger partial charge in [-0.05, 0) is 31.0 Å². The third kappa shape index (κ3) is 2.29. The largest absolute Gasteiger partial charge is 0.320 e. The molecule has 3 heteroatoms. The lowest BCUT2D eigenvalue weighted by molar-refractivity contribution is 0.891. The molecule has 0 aliphatic rings. The van der Waals surface area contributed by atoms with E-state index in [1.165, 1.54) is 5.56 Å². The van der Waals surface area contributed by atoms with Crippen molar-refractivity contribution in [2.45, 2.75) is 19.9 Å². The number of hydrogen-bond donors (Lipinski definition) is 1. The maximum absolute atomic E-state index is 6.22. The summed E-state index contributed by atoms with van der Waals surface area (Å²) in [4.78, 5) is 1.12. The molecular weight excluding hydrogens is 238 g/mol. The van der Waals surface area contributed by atoms with E-state index in [1.807, 2.05) is 13.0 Å². The first-order valence-corrected chi connectivity index (χ1v) is 6.35. The lowest BCUT2D eigenvalue weighted by atomic mass is 10.0. The predicted molar refractivity (Wildman–Crippen MR) is 71.3 cm³/mol. The van der Waals surface area contributed by atoms with Gasteiger partial charge in [-0.25, -0.2) is 0 Å². The second-order valence-corrected chi connectivity index (χ2v) is 5.68. The summed E-state index contributed by atoms with van der Waals surface area (Å²) in [5.41, 5.74) is 9.69.